The maximum Gasteiger partial charge on any atom is 0.143 e. The zero-order valence-corrected chi connectivity index (χ0v) is 5.02. The van der Waals surface area contributed by atoms with Gasteiger partial charge in [-0.25, -0.2) is 9.78 Å². The van der Waals surface area contributed by atoms with Crippen molar-refractivity contribution in [2.75, 3.05) is 13.7 Å². The van der Waals surface area contributed by atoms with Gasteiger partial charge in [0.15, 0.2) is 0 Å². The van der Waals surface area contributed by atoms with Crippen molar-refractivity contribution in [2.45, 2.75) is 19.1 Å². The summed E-state index contributed by atoms with van der Waals surface area (Å²) in [7, 11) is 1.86. The molecule has 0 aromatic carbocycles. The van der Waals surface area contributed by atoms with Gasteiger partial charge in [0, 0.05) is 0 Å². The summed E-state index contributed by atoms with van der Waals surface area (Å²) >= 11 is 0. The van der Waals surface area contributed by atoms with E-state index in [2.05, 4.69) is 5.32 Å². The van der Waals surface area contributed by atoms with Crippen LogP contribution >= 0.6 is 0 Å². The smallest absolute Gasteiger partial charge is 0.143 e. The molecule has 0 spiro atoms. The normalized spacial score (nSPS) is 30.4. The van der Waals surface area contributed by atoms with Crippen molar-refractivity contribution in [3.63, 3.8) is 0 Å². The molecule has 0 radical (unpaired) electrons. The first-order chi connectivity index (χ1) is 3.93. The van der Waals surface area contributed by atoms with E-state index in [-0.39, 0.29) is 6.23 Å². The van der Waals surface area contributed by atoms with E-state index in [1.165, 1.54) is 0 Å². The summed E-state index contributed by atoms with van der Waals surface area (Å²) in [6.45, 7) is 0.734. The molecule has 0 bridgehead atoms. The Kier molecular flexibility index (Phi) is 2.27. The molecule has 48 valence electrons. The first-order valence-corrected chi connectivity index (χ1v) is 2.89. The fourth-order valence-electron chi connectivity index (χ4n) is 0.698. The second-order valence-electron chi connectivity index (χ2n) is 1.84. The van der Waals surface area contributed by atoms with Crippen LogP contribution in [0, 0.1) is 0 Å². The highest BCUT2D eigenvalue weighted by atomic mass is 17.2. The highest BCUT2D eigenvalue weighted by molar-refractivity contribution is 4.51. The van der Waals surface area contributed by atoms with Crippen molar-refractivity contribution >= 4 is 0 Å². The van der Waals surface area contributed by atoms with Crippen LogP contribution < -0.4 is 5.32 Å². The van der Waals surface area contributed by atoms with Gasteiger partial charge in [-0.2, -0.15) is 0 Å². The third-order valence-corrected chi connectivity index (χ3v) is 1.20. The molecular weight excluding hydrogens is 106 g/mol. The quantitative estimate of drug-likeness (QED) is 0.500. The lowest BCUT2D eigenvalue weighted by Gasteiger charge is -2.19. The monoisotopic (exact) mass is 117 g/mol. The van der Waals surface area contributed by atoms with Gasteiger partial charge in [0.2, 0.25) is 0 Å². The Morgan fingerprint density at radius 1 is 1.62 bits per heavy atom. The first-order valence-electron chi connectivity index (χ1n) is 2.89. The topological polar surface area (TPSA) is 30.5 Å². The molecule has 1 heterocycles. The van der Waals surface area contributed by atoms with Crippen LogP contribution in [0.5, 0.6) is 0 Å². The third-order valence-electron chi connectivity index (χ3n) is 1.20. The van der Waals surface area contributed by atoms with Crippen LogP contribution in [-0.4, -0.2) is 19.9 Å². The summed E-state index contributed by atoms with van der Waals surface area (Å²) in [5, 5.41) is 2.96. The highest BCUT2D eigenvalue weighted by Gasteiger charge is 2.11. The SMILES string of the molecule is CNC1CCCOO1. The molecule has 3 nitrogen and oxygen atoms in total. The van der Waals surface area contributed by atoms with E-state index in [4.69, 9.17) is 9.78 Å². The fraction of sp³-hybridized carbons (Fsp3) is 1.00. The average Bonchev–Trinajstić information content (AvgIpc) is 1.90. The molecule has 1 N–H and O–H groups in total. The lowest BCUT2D eigenvalue weighted by Crippen LogP contribution is -2.31. The third kappa shape index (κ3) is 1.43. The molecule has 1 unspecified atom stereocenters. The largest absolute Gasteiger partial charge is 0.293 e. The Bertz CT molecular complexity index is 61.4. The fourth-order valence-corrected chi connectivity index (χ4v) is 0.698. The predicted octanol–water partition coefficient (Wildman–Crippen LogP) is 0.274. The van der Waals surface area contributed by atoms with Crippen molar-refractivity contribution in [1.29, 1.82) is 0 Å². The molecule has 0 aromatic heterocycles. The first kappa shape index (κ1) is 6.01. The van der Waals surface area contributed by atoms with Gasteiger partial charge in [0.25, 0.3) is 0 Å². The van der Waals surface area contributed by atoms with E-state index >= 15 is 0 Å². The molecule has 8 heavy (non-hydrogen) atoms. The van der Waals surface area contributed by atoms with Gasteiger partial charge in [-0.05, 0) is 19.9 Å². The lowest BCUT2D eigenvalue weighted by atomic mass is 10.3. The zero-order chi connectivity index (χ0) is 5.82. The molecule has 3 heteroatoms. The van der Waals surface area contributed by atoms with E-state index in [0.29, 0.717) is 0 Å². The molecule has 1 aliphatic heterocycles. The molecule has 0 saturated carbocycles. The van der Waals surface area contributed by atoms with Crippen molar-refractivity contribution < 1.29 is 9.78 Å². The van der Waals surface area contributed by atoms with Crippen LogP contribution in [0.3, 0.4) is 0 Å². The molecule has 0 aliphatic carbocycles. The molecule has 1 fully saturated rings. The van der Waals surface area contributed by atoms with Gasteiger partial charge in [-0.3, -0.25) is 5.32 Å². The average molecular weight is 117 g/mol. The number of nitrogens with one attached hydrogen (secondary N) is 1. The van der Waals surface area contributed by atoms with E-state index in [1.54, 1.807) is 0 Å². The summed E-state index contributed by atoms with van der Waals surface area (Å²) < 4.78 is 0. The predicted molar refractivity (Wildman–Crippen MR) is 29.1 cm³/mol. The van der Waals surface area contributed by atoms with Crippen LogP contribution in [0.25, 0.3) is 0 Å². The zero-order valence-electron chi connectivity index (χ0n) is 5.02. The van der Waals surface area contributed by atoms with Crippen molar-refractivity contribution in [3.05, 3.63) is 0 Å². The second kappa shape index (κ2) is 3.02. The summed E-state index contributed by atoms with van der Waals surface area (Å²) in [6, 6.07) is 0. The molecule has 0 amide bonds. The van der Waals surface area contributed by atoms with Crippen LogP contribution in [0.4, 0.5) is 0 Å². The number of rotatable bonds is 1. The lowest BCUT2D eigenvalue weighted by molar-refractivity contribution is -0.349. The van der Waals surface area contributed by atoms with E-state index in [9.17, 15) is 0 Å². The Labute approximate surface area is 48.9 Å². The van der Waals surface area contributed by atoms with Crippen molar-refractivity contribution in [2.24, 2.45) is 0 Å². The van der Waals surface area contributed by atoms with Gasteiger partial charge in [-0.15, -0.1) is 0 Å². The van der Waals surface area contributed by atoms with Crippen LogP contribution in [0.15, 0.2) is 0 Å². The Morgan fingerprint density at radius 3 is 2.88 bits per heavy atom. The standard InChI is InChI=1S/C5H11NO2/c1-6-5-3-2-4-7-8-5/h5-6H,2-4H2,1H3. The maximum atomic E-state index is 4.82. The molecule has 1 rings (SSSR count). The number of hydrogen-bond donors (Lipinski definition) is 1. The Hall–Kier alpha value is -0.120. The molecule has 1 atom stereocenters. The van der Waals surface area contributed by atoms with E-state index in [1.807, 2.05) is 7.05 Å². The van der Waals surface area contributed by atoms with Gasteiger partial charge in [0.1, 0.15) is 6.23 Å². The van der Waals surface area contributed by atoms with Crippen LogP contribution in [-0.2, 0) is 9.78 Å². The summed E-state index contributed by atoms with van der Waals surface area (Å²) in [5.74, 6) is 0. The minimum atomic E-state index is 0.115. The van der Waals surface area contributed by atoms with E-state index < -0.39 is 0 Å². The molecule has 1 saturated heterocycles. The number of hydrogen-bond acceptors (Lipinski definition) is 3. The molecular formula is C5H11NO2. The molecule has 1 aliphatic rings. The van der Waals surface area contributed by atoms with Gasteiger partial charge >= 0.3 is 0 Å². The van der Waals surface area contributed by atoms with Crippen molar-refractivity contribution in [1.82, 2.24) is 5.32 Å². The Balaban J connectivity index is 2.13. The minimum Gasteiger partial charge on any atom is -0.293 e. The molecule has 0 aromatic rings. The maximum absolute atomic E-state index is 4.82. The highest BCUT2D eigenvalue weighted by Crippen LogP contribution is 2.05. The Morgan fingerprint density at radius 2 is 2.50 bits per heavy atom. The second-order valence-corrected chi connectivity index (χ2v) is 1.84. The minimum absolute atomic E-state index is 0.115. The van der Waals surface area contributed by atoms with Gasteiger partial charge in [0.05, 0.1) is 6.61 Å². The van der Waals surface area contributed by atoms with Crippen molar-refractivity contribution in [3.8, 4) is 0 Å². The van der Waals surface area contributed by atoms with Crippen LogP contribution in [0.1, 0.15) is 12.8 Å². The summed E-state index contributed by atoms with van der Waals surface area (Å²) in [5.41, 5.74) is 0. The summed E-state index contributed by atoms with van der Waals surface area (Å²) in [6.07, 6.45) is 2.26. The van der Waals surface area contributed by atoms with Gasteiger partial charge in [-0.1, -0.05) is 0 Å². The van der Waals surface area contributed by atoms with Gasteiger partial charge < -0.3 is 0 Å². The van der Waals surface area contributed by atoms with Crippen LogP contribution in [0.2, 0.25) is 0 Å². The summed E-state index contributed by atoms with van der Waals surface area (Å²) in [4.78, 5) is 9.53. The van der Waals surface area contributed by atoms with E-state index in [0.717, 1.165) is 19.4 Å².